The minimum absolute atomic E-state index is 0.180. The highest BCUT2D eigenvalue weighted by Gasteiger charge is 2.25. The van der Waals surface area contributed by atoms with E-state index in [1.54, 1.807) is 48.5 Å². The lowest BCUT2D eigenvalue weighted by molar-refractivity contribution is 0.0940. The second-order valence-corrected chi connectivity index (χ2v) is 9.83. The first-order valence-electron chi connectivity index (χ1n) is 10.1. The van der Waals surface area contributed by atoms with Crippen LogP contribution in [-0.4, -0.2) is 21.4 Å². The summed E-state index contributed by atoms with van der Waals surface area (Å²) >= 11 is 0. The van der Waals surface area contributed by atoms with Crippen LogP contribution in [0.2, 0.25) is 0 Å². The fourth-order valence-electron chi connectivity index (χ4n) is 3.52. The molecule has 0 bridgehead atoms. The first kappa shape index (κ1) is 22.6. The molecule has 0 saturated heterocycles. The van der Waals surface area contributed by atoms with Crippen molar-refractivity contribution in [3.8, 4) is 0 Å². The Labute approximate surface area is 184 Å². The van der Waals surface area contributed by atoms with Gasteiger partial charge in [0.15, 0.2) is 0 Å². The molecule has 0 aliphatic heterocycles. The number of aryl methyl sites for hydroxylation is 3. The van der Waals surface area contributed by atoms with Gasteiger partial charge in [-0.25, -0.2) is 8.42 Å². The SMILES string of the molecule is Cc1ccc(S(=O)(=O)N(C)c2ccccc2C(=O)NC(C)c2cc(C)ccc2C)cc1. The lowest BCUT2D eigenvalue weighted by Gasteiger charge is -2.23. The van der Waals surface area contributed by atoms with Crippen LogP contribution in [0.4, 0.5) is 5.69 Å². The molecule has 0 aliphatic carbocycles. The number of carbonyl (C=O) groups excluding carboxylic acids is 1. The molecule has 5 nitrogen and oxygen atoms in total. The molecule has 6 heteroatoms. The number of benzene rings is 3. The molecule has 1 atom stereocenters. The van der Waals surface area contributed by atoms with Crippen LogP contribution >= 0.6 is 0 Å². The van der Waals surface area contributed by atoms with Gasteiger partial charge in [0.1, 0.15) is 0 Å². The zero-order valence-corrected chi connectivity index (χ0v) is 19.3. The number of rotatable bonds is 6. The van der Waals surface area contributed by atoms with Crippen molar-refractivity contribution in [3.63, 3.8) is 0 Å². The summed E-state index contributed by atoms with van der Waals surface area (Å²) in [4.78, 5) is 13.3. The van der Waals surface area contributed by atoms with Gasteiger partial charge >= 0.3 is 0 Å². The maximum atomic E-state index is 13.1. The molecule has 0 saturated carbocycles. The van der Waals surface area contributed by atoms with Gasteiger partial charge in [0.05, 0.1) is 22.2 Å². The fraction of sp³-hybridized carbons (Fsp3) is 0.240. The molecule has 31 heavy (non-hydrogen) atoms. The first-order valence-corrected chi connectivity index (χ1v) is 11.6. The van der Waals surface area contributed by atoms with E-state index in [0.29, 0.717) is 11.3 Å². The number of para-hydroxylation sites is 1. The van der Waals surface area contributed by atoms with Crippen molar-refractivity contribution in [3.05, 3.63) is 94.5 Å². The fourth-order valence-corrected chi connectivity index (χ4v) is 4.73. The Balaban J connectivity index is 1.91. The molecule has 162 valence electrons. The molecule has 3 aromatic carbocycles. The zero-order valence-electron chi connectivity index (χ0n) is 18.5. The van der Waals surface area contributed by atoms with Crippen LogP contribution in [0, 0.1) is 20.8 Å². The van der Waals surface area contributed by atoms with Crippen molar-refractivity contribution in [2.45, 2.75) is 38.6 Å². The van der Waals surface area contributed by atoms with Crippen molar-refractivity contribution in [2.24, 2.45) is 0 Å². The molecular weight excluding hydrogens is 408 g/mol. The molecule has 0 aliphatic rings. The van der Waals surface area contributed by atoms with Gasteiger partial charge in [-0.05, 0) is 63.1 Å². The van der Waals surface area contributed by atoms with Crippen LogP contribution in [0.5, 0.6) is 0 Å². The zero-order chi connectivity index (χ0) is 22.8. The summed E-state index contributed by atoms with van der Waals surface area (Å²) in [6, 6.07) is 19.3. The second kappa shape index (κ2) is 8.94. The van der Waals surface area contributed by atoms with Crippen molar-refractivity contribution < 1.29 is 13.2 Å². The van der Waals surface area contributed by atoms with Crippen LogP contribution in [0.3, 0.4) is 0 Å². The van der Waals surface area contributed by atoms with Crippen LogP contribution in [0.1, 0.15) is 45.6 Å². The summed E-state index contributed by atoms with van der Waals surface area (Å²) in [7, 11) is -2.34. The molecule has 1 amide bonds. The molecule has 0 aromatic heterocycles. The highest BCUT2D eigenvalue weighted by atomic mass is 32.2. The van der Waals surface area contributed by atoms with Crippen molar-refractivity contribution >= 4 is 21.6 Å². The third-order valence-corrected chi connectivity index (χ3v) is 7.20. The average Bonchev–Trinajstić information content (AvgIpc) is 2.75. The van der Waals surface area contributed by atoms with Gasteiger partial charge < -0.3 is 5.32 Å². The van der Waals surface area contributed by atoms with E-state index in [4.69, 9.17) is 0 Å². The van der Waals surface area contributed by atoms with E-state index in [-0.39, 0.29) is 16.8 Å². The third-order valence-electron chi connectivity index (χ3n) is 5.42. The lowest BCUT2D eigenvalue weighted by Crippen LogP contribution is -2.32. The largest absolute Gasteiger partial charge is 0.345 e. The van der Waals surface area contributed by atoms with E-state index in [0.717, 1.165) is 26.6 Å². The predicted molar refractivity (Wildman–Crippen MR) is 125 cm³/mol. The smallest absolute Gasteiger partial charge is 0.264 e. The number of nitrogens with zero attached hydrogens (tertiary/aromatic N) is 1. The second-order valence-electron chi connectivity index (χ2n) is 7.86. The summed E-state index contributed by atoms with van der Waals surface area (Å²) in [5.41, 5.74) is 4.84. The molecule has 1 N–H and O–H groups in total. The average molecular weight is 437 g/mol. The molecule has 0 heterocycles. The van der Waals surface area contributed by atoms with Crippen LogP contribution in [0.15, 0.2) is 71.6 Å². The Morgan fingerprint density at radius 3 is 2.19 bits per heavy atom. The van der Waals surface area contributed by atoms with Gasteiger partial charge in [-0.2, -0.15) is 0 Å². The van der Waals surface area contributed by atoms with Crippen LogP contribution in [-0.2, 0) is 10.0 Å². The molecule has 1 unspecified atom stereocenters. The molecule has 3 rings (SSSR count). The summed E-state index contributed by atoms with van der Waals surface area (Å²) in [5.74, 6) is -0.324. The normalized spacial score (nSPS) is 12.3. The topological polar surface area (TPSA) is 66.5 Å². The monoisotopic (exact) mass is 436 g/mol. The first-order chi connectivity index (χ1) is 14.6. The Kier molecular flexibility index (Phi) is 6.51. The van der Waals surface area contributed by atoms with E-state index in [1.165, 1.54) is 7.05 Å². The summed E-state index contributed by atoms with van der Waals surface area (Å²) in [6.07, 6.45) is 0. The molecule has 0 spiro atoms. The summed E-state index contributed by atoms with van der Waals surface area (Å²) in [5, 5.41) is 3.01. The molecule has 3 aromatic rings. The minimum Gasteiger partial charge on any atom is -0.345 e. The van der Waals surface area contributed by atoms with Crippen molar-refractivity contribution in [1.82, 2.24) is 5.32 Å². The predicted octanol–water partition coefficient (Wildman–Crippen LogP) is 4.93. The Morgan fingerprint density at radius 1 is 0.903 bits per heavy atom. The number of carbonyl (C=O) groups is 1. The maximum Gasteiger partial charge on any atom is 0.264 e. The Bertz CT molecular complexity index is 1200. The van der Waals surface area contributed by atoms with E-state index < -0.39 is 10.0 Å². The van der Waals surface area contributed by atoms with E-state index in [9.17, 15) is 13.2 Å². The van der Waals surface area contributed by atoms with Crippen molar-refractivity contribution in [1.29, 1.82) is 0 Å². The third kappa shape index (κ3) is 4.80. The quantitative estimate of drug-likeness (QED) is 0.596. The van der Waals surface area contributed by atoms with E-state index >= 15 is 0 Å². The standard InChI is InChI=1S/C25H28N2O3S/c1-17-11-14-21(15-12-17)31(29,30)27(5)24-9-7-6-8-22(24)25(28)26-20(4)23-16-18(2)10-13-19(23)3/h6-16,20H,1-5H3,(H,26,28). The van der Waals surface area contributed by atoms with E-state index in [2.05, 4.69) is 11.4 Å². The highest BCUT2D eigenvalue weighted by Crippen LogP contribution is 2.27. The highest BCUT2D eigenvalue weighted by molar-refractivity contribution is 7.92. The van der Waals surface area contributed by atoms with Gasteiger partial charge in [-0.3, -0.25) is 9.10 Å². The Hall–Kier alpha value is -3.12. The van der Waals surface area contributed by atoms with Crippen molar-refractivity contribution in [2.75, 3.05) is 11.4 Å². The number of anilines is 1. The number of amides is 1. The Morgan fingerprint density at radius 2 is 1.52 bits per heavy atom. The minimum atomic E-state index is -3.80. The van der Waals surface area contributed by atoms with Crippen LogP contribution in [0.25, 0.3) is 0 Å². The number of nitrogens with one attached hydrogen (secondary N) is 1. The van der Waals surface area contributed by atoms with Gasteiger partial charge in [0, 0.05) is 7.05 Å². The molecular formula is C25H28N2O3S. The summed E-state index contributed by atoms with van der Waals surface area (Å²) < 4.78 is 27.4. The van der Waals surface area contributed by atoms with Gasteiger partial charge in [-0.1, -0.05) is 53.6 Å². The molecule has 0 radical (unpaired) electrons. The van der Waals surface area contributed by atoms with Gasteiger partial charge in [0.25, 0.3) is 15.9 Å². The van der Waals surface area contributed by atoms with Gasteiger partial charge in [-0.15, -0.1) is 0 Å². The van der Waals surface area contributed by atoms with E-state index in [1.807, 2.05) is 39.8 Å². The maximum absolute atomic E-state index is 13.1. The lowest BCUT2D eigenvalue weighted by atomic mass is 9.99. The molecule has 0 fully saturated rings. The summed E-state index contributed by atoms with van der Waals surface area (Å²) in [6.45, 7) is 7.84. The number of hydrogen-bond donors (Lipinski definition) is 1. The van der Waals surface area contributed by atoms with Gasteiger partial charge in [0.2, 0.25) is 0 Å². The van der Waals surface area contributed by atoms with Crippen LogP contribution < -0.4 is 9.62 Å². The number of hydrogen-bond acceptors (Lipinski definition) is 3. The number of sulfonamides is 1.